The summed E-state index contributed by atoms with van der Waals surface area (Å²) >= 11 is 0. The largest absolute Gasteiger partial charge is 0.366 e. The lowest BCUT2D eigenvalue weighted by atomic mass is 10.2. The Labute approximate surface area is 133 Å². The van der Waals surface area contributed by atoms with Gasteiger partial charge in [0.15, 0.2) is 0 Å². The molecule has 3 amide bonds. The third-order valence-corrected chi connectivity index (χ3v) is 4.92. The van der Waals surface area contributed by atoms with Crippen molar-refractivity contribution in [3.05, 3.63) is 54.1 Å². The summed E-state index contributed by atoms with van der Waals surface area (Å²) in [4.78, 5) is 22.5. The molecule has 4 N–H and O–H groups in total. The van der Waals surface area contributed by atoms with Crippen molar-refractivity contribution in [1.82, 2.24) is 5.32 Å². The van der Waals surface area contributed by atoms with Crippen LogP contribution >= 0.6 is 0 Å². The summed E-state index contributed by atoms with van der Waals surface area (Å²) in [6, 6.07) is 10.9. The summed E-state index contributed by atoms with van der Waals surface area (Å²) in [5, 5.41) is 4.91. The average Bonchev–Trinajstić information content (AvgIpc) is 2.55. The van der Waals surface area contributed by atoms with E-state index in [0.29, 0.717) is 5.69 Å². The number of carbonyl (C=O) groups is 2. The SMILES string of the molecule is CNC(=O)Nc1ccc(S(=O)(=O)c2ccccc2C(N)=O)cc1. The fourth-order valence-corrected chi connectivity index (χ4v) is 3.41. The van der Waals surface area contributed by atoms with Gasteiger partial charge in [-0.25, -0.2) is 13.2 Å². The Balaban J connectivity index is 2.41. The molecule has 2 aromatic carbocycles. The van der Waals surface area contributed by atoms with Gasteiger partial charge in [0.05, 0.1) is 15.4 Å². The maximum absolute atomic E-state index is 12.6. The van der Waals surface area contributed by atoms with E-state index in [4.69, 9.17) is 5.73 Å². The minimum atomic E-state index is -3.89. The molecule has 120 valence electrons. The Hall–Kier alpha value is -2.87. The Morgan fingerprint density at radius 3 is 2.17 bits per heavy atom. The van der Waals surface area contributed by atoms with Crippen molar-refractivity contribution in [2.45, 2.75) is 9.79 Å². The third-order valence-electron chi connectivity index (χ3n) is 3.09. The number of primary amides is 1. The molecule has 0 aliphatic rings. The quantitative estimate of drug-likeness (QED) is 0.783. The fraction of sp³-hybridized carbons (Fsp3) is 0.0667. The Kier molecular flexibility index (Phi) is 4.65. The molecule has 0 unspecified atom stereocenters. The minimum Gasteiger partial charge on any atom is -0.366 e. The van der Waals surface area contributed by atoms with Gasteiger partial charge in [0.25, 0.3) is 0 Å². The fourth-order valence-electron chi connectivity index (χ4n) is 1.94. The first-order valence-corrected chi connectivity index (χ1v) is 8.07. The van der Waals surface area contributed by atoms with E-state index in [9.17, 15) is 18.0 Å². The normalized spacial score (nSPS) is 10.8. The molecule has 0 atom stereocenters. The topological polar surface area (TPSA) is 118 Å². The predicted octanol–water partition coefficient (Wildman–Crippen LogP) is 1.37. The lowest BCUT2D eigenvalue weighted by Crippen LogP contribution is -2.24. The van der Waals surface area contributed by atoms with Crippen LogP contribution in [0, 0.1) is 0 Å². The standard InChI is InChI=1S/C15H15N3O4S/c1-17-15(20)18-10-6-8-11(9-7-10)23(21,22)13-5-3-2-4-12(13)14(16)19/h2-9H,1H3,(H2,16,19)(H2,17,18,20). The van der Waals surface area contributed by atoms with Gasteiger partial charge in [0, 0.05) is 12.7 Å². The molecule has 7 nitrogen and oxygen atoms in total. The maximum atomic E-state index is 12.6. The van der Waals surface area contributed by atoms with Gasteiger partial charge in [0.1, 0.15) is 0 Å². The van der Waals surface area contributed by atoms with E-state index in [1.807, 2.05) is 0 Å². The van der Waals surface area contributed by atoms with Crippen LogP contribution < -0.4 is 16.4 Å². The van der Waals surface area contributed by atoms with Crippen LogP contribution in [0.3, 0.4) is 0 Å². The number of hydrogen-bond acceptors (Lipinski definition) is 4. The van der Waals surface area contributed by atoms with E-state index in [1.54, 1.807) is 0 Å². The molecule has 0 aliphatic heterocycles. The van der Waals surface area contributed by atoms with E-state index in [0.717, 1.165) is 0 Å². The second-order valence-electron chi connectivity index (χ2n) is 4.59. The third kappa shape index (κ3) is 3.49. The molecule has 0 saturated heterocycles. The van der Waals surface area contributed by atoms with Crippen LogP contribution in [0.4, 0.5) is 10.5 Å². The first-order chi connectivity index (χ1) is 10.9. The van der Waals surface area contributed by atoms with Gasteiger partial charge in [-0.3, -0.25) is 4.79 Å². The predicted molar refractivity (Wildman–Crippen MR) is 84.9 cm³/mol. The summed E-state index contributed by atoms with van der Waals surface area (Å²) in [6.45, 7) is 0. The van der Waals surface area contributed by atoms with Crippen LogP contribution in [-0.4, -0.2) is 27.4 Å². The highest BCUT2D eigenvalue weighted by Crippen LogP contribution is 2.25. The van der Waals surface area contributed by atoms with E-state index < -0.39 is 21.8 Å². The minimum absolute atomic E-state index is 0.00587. The number of carbonyl (C=O) groups excluding carboxylic acids is 2. The summed E-state index contributed by atoms with van der Waals surface area (Å²) < 4.78 is 25.3. The van der Waals surface area contributed by atoms with E-state index in [-0.39, 0.29) is 15.4 Å². The van der Waals surface area contributed by atoms with E-state index in [2.05, 4.69) is 10.6 Å². The number of nitrogens with two attached hydrogens (primary N) is 1. The molecule has 0 aliphatic carbocycles. The number of hydrogen-bond donors (Lipinski definition) is 3. The summed E-state index contributed by atoms with van der Waals surface area (Å²) in [7, 11) is -2.43. The van der Waals surface area contributed by atoms with Crippen LogP contribution in [0.1, 0.15) is 10.4 Å². The summed E-state index contributed by atoms with van der Waals surface area (Å²) in [5.74, 6) is -0.818. The molecule has 0 aromatic heterocycles. The molecule has 2 aromatic rings. The van der Waals surface area contributed by atoms with Gasteiger partial charge in [-0.2, -0.15) is 0 Å². The van der Waals surface area contributed by atoms with Gasteiger partial charge in [0.2, 0.25) is 15.7 Å². The molecule has 2 rings (SSSR count). The molecule has 0 bridgehead atoms. The van der Waals surface area contributed by atoms with E-state index >= 15 is 0 Å². The molecular weight excluding hydrogens is 318 g/mol. The van der Waals surface area contributed by atoms with Crippen molar-refractivity contribution in [3.63, 3.8) is 0 Å². The van der Waals surface area contributed by atoms with Crippen LogP contribution in [0.15, 0.2) is 58.3 Å². The van der Waals surface area contributed by atoms with Crippen molar-refractivity contribution in [2.24, 2.45) is 5.73 Å². The number of amides is 3. The van der Waals surface area contributed by atoms with Gasteiger partial charge in [-0.1, -0.05) is 12.1 Å². The van der Waals surface area contributed by atoms with Crippen LogP contribution in [0.25, 0.3) is 0 Å². The van der Waals surface area contributed by atoms with Crippen LogP contribution in [-0.2, 0) is 9.84 Å². The molecule has 0 spiro atoms. The highest BCUT2D eigenvalue weighted by molar-refractivity contribution is 7.91. The number of benzene rings is 2. The number of nitrogens with one attached hydrogen (secondary N) is 2. The van der Waals surface area contributed by atoms with Crippen molar-refractivity contribution in [1.29, 1.82) is 0 Å². The van der Waals surface area contributed by atoms with Gasteiger partial charge in [-0.05, 0) is 36.4 Å². The summed E-state index contributed by atoms with van der Waals surface area (Å²) in [6.07, 6.45) is 0. The Bertz CT molecular complexity index is 845. The molecule has 8 heteroatoms. The van der Waals surface area contributed by atoms with Crippen LogP contribution in [0.2, 0.25) is 0 Å². The van der Waals surface area contributed by atoms with Crippen molar-refractivity contribution < 1.29 is 18.0 Å². The molecule has 0 heterocycles. The zero-order valence-corrected chi connectivity index (χ0v) is 13.1. The lowest BCUT2D eigenvalue weighted by Gasteiger charge is -2.09. The first kappa shape index (κ1) is 16.5. The average molecular weight is 333 g/mol. The highest BCUT2D eigenvalue weighted by Gasteiger charge is 2.23. The maximum Gasteiger partial charge on any atom is 0.318 e. The van der Waals surface area contributed by atoms with E-state index in [1.165, 1.54) is 55.6 Å². The molecule has 0 fully saturated rings. The van der Waals surface area contributed by atoms with Gasteiger partial charge in [-0.15, -0.1) is 0 Å². The smallest absolute Gasteiger partial charge is 0.318 e. The number of rotatable bonds is 4. The van der Waals surface area contributed by atoms with Gasteiger partial charge >= 0.3 is 6.03 Å². The molecule has 0 saturated carbocycles. The first-order valence-electron chi connectivity index (χ1n) is 6.59. The second kappa shape index (κ2) is 6.49. The van der Waals surface area contributed by atoms with Crippen LogP contribution in [0.5, 0.6) is 0 Å². The Morgan fingerprint density at radius 2 is 1.61 bits per heavy atom. The van der Waals surface area contributed by atoms with Crippen molar-refractivity contribution in [2.75, 3.05) is 12.4 Å². The monoisotopic (exact) mass is 333 g/mol. The second-order valence-corrected chi connectivity index (χ2v) is 6.51. The summed E-state index contributed by atoms with van der Waals surface area (Å²) in [5.41, 5.74) is 5.59. The number of urea groups is 1. The molecular formula is C15H15N3O4S. The Morgan fingerprint density at radius 1 is 1.00 bits per heavy atom. The van der Waals surface area contributed by atoms with Crippen molar-refractivity contribution in [3.8, 4) is 0 Å². The molecule has 23 heavy (non-hydrogen) atoms. The van der Waals surface area contributed by atoms with Crippen molar-refractivity contribution >= 4 is 27.5 Å². The number of anilines is 1. The zero-order chi connectivity index (χ0) is 17.0. The van der Waals surface area contributed by atoms with Gasteiger partial charge < -0.3 is 16.4 Å². The highest BCUT2D eigenvalue weighted by atomic mass is 32.2. The number of sulfone groups is 1. The lowest BCUT2D eigenvalue weighted by molar-refractivity contribution is 0.0997. The molecule has 0 radical (unpaired) electrons. The zero-order valence-electron chi connectivity index (χ0n) is 12.2.